The van der Waals surface area contributed by atoms with Crippen LogP contribution in [0.15, 0.2) is 0 Å². The Labute approximate surface area is 108 Å². The Morgan fingerprint density at radius 3 is 2.29 bits per heavy atom. The Hall–Kier alpha value is -0.0800. The minimum absolute atomic E-state index is 0.623. The molecule has 17 heavy (non-hydrogen) atoms. The summed E-state index contributed by atoms with van der Waals surface area (Å²) in [6, 6.07) is 1.31. The molecule has 1 aliphatic rings. The fraction of sp³-hybridized carbons (Fsp3) is 1.00. The van der Waals surface area contributed by atoms with Crippen molar-refractivity contribution in [2.45, 2.75) is 71.9 Å². The summed E-state index contributed by atoms with van der Waals surface area (Å²) in [5.41, 5.74) is 0. The molecule has 0 saturated carbocycles. The van der Waals surface area contributed by atoms with Crippen LogP contribution >= 0.6 is 0 Å². The zero-order valence-electron chi connectivity index (χ0n) is 12.3. The third-order valence-electron chi connectivity index (χ3n) is 4.36. The van der Waals surface area contributed by atoms with E-state index in [0.717, 1.165) is 12.5 Å². The Morgan fingerprint density at radius 1 is 1.12 bits per heavy atom. The van der Waals surface area contributed by atoms with Crippen LogP contribution in [0.2, 0.25) is 0 Å². The lowest BCUT2D eigenvalue weighted by molar-refractivity contribution is 0.117. The predicted molar refractivity (Wildman–Crippen MR) is 76.4 cm³/mol. The molecule has 0 aliphatic carbocycles. The summed E-state index contributed by atoms with van der Waals surface area (Å²) in [6.07, 6.45) is 6.85. The van der Waals surface area contributed by atoms with E-state index >= 15 is 0 Å². The van der Waals surface area contributed by atoms with Gasteiger partial charge in [0.1, 0.15) is 0 Å². The first-order valence-electron chi connectivity index (χ1n) is 7.66. The summed E-state index contributed by atoms with van der Waals surface area (Å²) >= 11 is 0. The molecular weight excluding hydrogens is 208 g/mol. The molecule has 1 fully saturated rings. The lowest BCUT2D eigenvalue weighted by Crippen LogP contribution is -2.49. The molecule has 0 amide bonds. The summed E-state index contributed by atoms with van der Waals surface area (Å²) in [4.78, 5) is 2.68. The van der Waals surface area contributed by atoms with E-state index in [1.165, 1.54) is 45.2 Å². The van der Waals surface area contributed by atoms with E-state index in [0.29, 0.717) is 12.1 Å². The maximum Gasteiger partial charge on any atom is 0.0218 e. The normalized spacial score (nSPS) is 22.6. The first-order chi connectivity index (χ1) is 8.19. The molecule has 1 heterocycles. The quantitative estimate of drug-likeness (QED) is 0.735. The molecule has 0 spiro atoms. The molecule has 1 N–H and O–H groups in total. The molecule has 0 aromatic heterocycles. The van der Waals surface area contributed by atoms with Crippen molar-refractivity contribution in [2.24, 2.45) is 5.92 Å². The number of piperidine rings is 1. The lowest BCUT2D eigenvalue weighted by Gasteiger charge is -2.38. The second-order valence-electron chi connectivity index (χ2n) is 5.75. The van der Waals surface area contributed by atoms with Gasteiger partial charge in [0.25, 0.3) is 0 Å². The van der Waals surface area contributed by atoms with Gasteiger partial charge in [-0.25, -0.2) is 0 Å². The van der Waals surface area contributed by atoms with E-state index in [9.17, 15) is 0 Å². The highest BCUT2D eigenvalue weighted by Crippen LogP contribution is 2.23. The standard InChI is InChI=1S/C15H32N2/c1-5-7-15-8-11-17(12-9-15)14(4)13(3)16-10-6-2/h13-16H,5-12H2,1-4H3. The summed E-state index contributed by atoms with van der Waals surface area (Å²) in [5, 5.41) is 3.62. The average Bonchev–Trinajstić information content (AvgIpc) is 2.36. The highest BCUT2D eigenvalue weighted by Gasteiger charge is 2.24. The van der Waals surface area contributed by atoms with Gasteiger partial charge in [-0.15, -0.1) is 0 Å². The Balaban J connectivity index is 2.27. The van der Waals surface area contributed by atoms with Crippen LogP contribution in [-0.2, 0) is 0 Å². The van der Waals surface area contributed by atoms with Crippen molar-refractivity contribution in [1.82, 2.24) is 10.2 Å². The molecule has 1 saturated heterocycles. The van der Waals surface area contributed by atoms with Crippen LogP contribution in [0.4, 0.5) is 0 Å². The number of hydrogen-bond acceptors (Lipinski definition) is 2. The minimum atomic E-state index is 0.623. The van der Waals surface area contributed by atoms with Crippen LogP contribution in [0.1, 0.15) is 59.8 Å². The summed E-state index contributed by atoms with van der Waals surface area (Å²) in [6.45, 7) is 13.0. The van der Waals surface area contributed by atoms with Gasteiger partial charge in [0.2, 0.25) is 0 Å². The SMILES string of the molecule is CCCNC(C)C(C)N1CCC(CCC)CC1. The Bertz CT molecular complexity index is 185. The van der Waals surface area contributed by atoms with E-state index in [2.05, 4.69) is 37.9 Å². The van der Waals surface area contributed by atoms with Crippen molar-refractivity contribution in [1.29, 1.82) is 0 Å². The summed E-state index contributed by atoms with van der Waals surface area (Å²) in [5.74, 6) is 1.00. The predicted octanol–water partition coefficient (Wildman–Crippen LogP) is 3.28. The molecular formula is C15H32N2. The van der Waals surface area contributed by atoms with E-state index in [-0.39, 0.29) is 0 Å². The molecule has 0 radical (unpaired) electrons. The van der Waals surface area contributed by atoms with Gasteiger partial charge in [0, 0.05) is 12.1 Å². The highest BCUT2D eigenvalue weighted by atomic mass is 15.2. The monoisotopic (exact) mass is 240 g/mol. The van der Waals surface area contributed by atoms with E-state index in [1.54, 1.807) is 0 Å². The Morgan fingerprint density at radius 2 is 1.76 bits per heavy atom. The molecule has 2 atom stereocenters. The van der Waals surface area contributed by atoms with Gasteiger partial charge >= 0.3 is 0 Å². The summed E-state index contributed by atoms with van der Waals surface area (Å²) < 4.78 is 0. The van der Waals surface area contributed by atoms with Crippen LogP contribution in [0.25, 0.3) is 0 Å². The largest absolute Gasteiger partial charge is 0.313 e. The third kappa shape index (κ3) is 4.97. The van der Waals surface area contributed by atoms with Gasteiger partial charge in [-0.2, -0.15) is 0 Å². The molecule has 1 rings (SSSR count). The van der Waals surface area contributed by atoms with Crippen LogP contribution in [0.3, 0.4) is 0 Å². The van der Waals surface area contributed by atoms with Gasteiger partial charge in [0.15, 0.2) is 0 Å². The number of rotatable bonds is 7. The van der Waals surface area contributed by atoms with Crippen LogP contribution < -0.4 is 5.32 Å². The second kappa shape index (κ2) is 8.10. The van der Waals surface area contributed by atoms with E-state index < -0.39 is 0 Å². The molecule has 2 unspecified atom stereocenters. The first-order valence-corrected chi connectivity index (χ1v) is 7.66. The van der Waals surface area contributed by atoms with Crippen molar-refractivity contribution >= 4 is 0 Å². The van der Waals surface area contributed by atoms with E-state index in [1.807, 2.05) is 0 Å². The second-order valence-corrected chi connectivity index (χ2v) is 5.75. The van der Waals surface area contributed by atoms with Crippen LogP contribution in [-0.4, -0.2) is 36.6 Å². The molecule has 0 aromatic carbocycles. The number of nitrogens with zero attached hydrogens (tertiary/aromatic N) is 1. The first kappa shape index (κ1) is 15.0. The Kier molecular flexibility index (Phi) is 7.14. The van der Waals surface area contributed by atoms with Gasteiger partial charge in [0.05, 0.1) is 0 Å². The molecule has 2 nitrogen and oxygen atoms in total. The maximum absolute atomic E-state index is 3.62. The van der Waals surface area contributed by atoms with Crippen LogP contribution in [0.5, 0.6) is 0 Å². The maximum atomic E-state index is 3.62. The summed E-state index contributed by atoms with van der Waals surface area (Å²) in [7, 11) is 0. The molecule has 0 aromatic rings. The molecule has 1 aliphatic heterocycles. The fourth-order valence-corrected chi connectivity index (χ4v) is 2.92. The number of hydrogen-bond donors (Lipinski definition) is 1. The zero-order valence-corrected chi connectivity index (χ0v) is 12.3. The topological polar surface area (TPSA) is 15.3 Å². The van der Waals surface area contributed by atoms with Gasteiger partial charge < -0.3 is 5.32 Å². The van der Waals surface area contributed by atoms with Crippen LogP contribution in [0, 0.1) is 5.92 Å². The minimum Gasteiger partial charge on any atom is -0.313 e. The van der Waals surface area contributed by atoms with Crippen molar-refractivity contribution in [3.63, 3.8) is 0 Å². The van der Waals surface area contributed by atoms with Crippen molar-refractivity contribution in [3.8, 4) is 0 Å². The third-order valence-corrected chi connectivity index (χ3v) is 4.36. The molecule has 2 heteroatoms. The van der Waals surface area contributed by atoms with Crippen molar-refractivity contribution in [2.75, 3.05) is 19.6 Å². The smallest absolute Gasteiger partial charge is 0.0218 e. The average molecular weight is 240 g/mol. The molecule has 102 valence electrons. The van der Waals surface area contributed by atoms with Gasteiger partial charge in [-0.3, -0.25) is 4.90 Å². The zero-order chi connectivity index (χ0) is 12.7. The fourth-order valence-electron chi connectivity index (χ4n) is 2.92. The van der Waals surface area contributed by atoms with E-state index in [4.69, 9.17) is 0 Å². The highest BCUT2D eigenvalue weighted by molar-refractivity contribution is 4.81. The number of likely N-dealkylation sites (tertiary alicyclic amines) is 1. The molecule has 0 bridgehead atoms. The number of nitrogens with one attached hydrogen (secondary N) is 1. The van der Waals surface area contributed by atoms with Crippen molar-refractivity contribution in [3.05, 3.63) is 0 Å². The lowest BCUT2D eigenvalue weighted by atomic mass is 9.91. The van der Waals surface area contributed by atoms with Crippen molar-refractivity contribution < 1.29 is 0 Å². The van der Waals surface area contributed by atoms with Gasteiger partial charge in [-0.05, 0) is 58.7 Å². The van der Waals surface area contributed by atoms with Gasteiger partial charge in [-0.1, -0.05) is 26.7 Å².